The van der Waals surface area contributed by atoms with E-state index in [1.54, 1.807) is 6.20 Å². The molecule has 2 amide bonds. The Hall–Kier alpha value is -2.76. The Morgan fingerprint density at radius 3 is 2.44 bits per heavy atom. The van der Waals surface area contributed by atoms with Crippen LogP contribution in [0.3, 0.4) is 0 Å². The molecule has 0 fully saturated rings. The smallest absolute Gasteiger partial charge is 0.244 e. The molecule has 1 aliphatic heterocycles. The molecular weight excluding hydrogens is 316 g/mol. The maximum Gasteiger partial charge on any atom is 0.244 e. The van der Waals surface area contributed by atoms with Crippen LogP contribution in [-0.2, 0) is 9.59 Å². The van der Waals surface area contributed by atoms with Crippen molar-refractivity contribution in [2.45, 2.75) is 46.5 Å². The summed E-state index contributed by atoms with van der Waals surface area (Å²) in [6.07, 6.45) is 5.36. The summed E-state index contributed by atoms with van der Waals surface area (Å²) in [5, 5.41) is 3.65. The van der Waals surface area contributed by atoms with Gasteiger partial charge < -0.3 is 0 Å². The number of aliphatic imine (C=N–C) groups is 1. The van der Waals surface area contributed by atoms with E-state index in [0.717, 1.165) is 30.2 Å². The van der Waals surface area contributed by atoms with Crippen LogP contribution in [0.4, 0.5) is 11.4 Å². The zero-order valence-corrected chi connectivity index (χ0v) is 14.8. The third-order valence-electron chi connectivity index (χ3n) is 4.23. The third kappa shape index (κ3) is 3.12. The lowest BCUT2D eigenvalue weighted by Gasteiger charge is -2.38. The van der Waals surface area contributed by atoms with Gasteiger partial charge in [0.05, 0.1) is 11.7 Å². The van der Waals surface area contributed by atoms with Crippen LogP contribution in [0.1, 0.15) is 46.5 Å². The van der Waals surface area contributed by atoms with Crippen LogP contribution < -0.4 is 5.01 Å². The summed E-state index contributed by atoms with van der Waals surface area (Å²) in [7, 11) is 0. The first-order chi connectivity index (χ1) is 12.0. The summed E-state index contributed by atoms with van der Waals surface area (Å²) in [5.74, 6) is 0.147. The second-order valence-electron chi connectivity index (χ2n) is 6.16. The zero-order valence-electron chi connectivity index (χ0n) is 14.8. The van der Waals surface area contributed by atoms with Crippen LogP contribution >= 0.6 is 0 Å². The molecule has 0 bridgehead atoms. The molecule has 6 heteroatoms. The van der Waals surface area contributed by atoms with Gasteiger partial charge in [-0.25, -0.2) is 10.0 Å². The summed E-state index contributed by atoms with van der Waals surface area (Å²) in [4.78, 5) is 33.9. The van der Waals surface area contributed by atoms with Crippen molar-refractivity contribution in [1.29, 1.82) is 0 Å². The average molecular weight is 338 g/mol. The van der Waals surface area contributed by atoms with Gasteiger partial charge in [-0.1, -0.05) is 38.0 Å². The number of carbonyl (C=O) groups is 2. The van der Waals surface area contributed by atoms with Crippen molar-refractivity contribution in [1.82, 2.24) is 9.99 Å². The monoisotopic (exact) mass is 338 g/mol. The van der Waals surface area contributed by atoms with Crippen molar-refractivity contribution in [2.24, 2.45) is 4.99 Å². The normalized spacial score (nSPS) is 13.6. The molecular formula is C19H22N4O2. The number of nitrogens with zero attached hydrogens (tertiary/aromatic N) is 4. The van der Waals surface area contributed by atoms with Crippen molar-refractivity contribution in [3.8, 4) is 0 Å². The van der Waals surface area contributed by atoms with Crippen LogP contribution in [0, 0.1) is 0 Å². The van der Waals surface area contributed by atoms with Crippen molar-refractivity contribution >= 4 is 39.9 Å². The van der Waals surface area contributed by atoms with Gasteiger partial charge in [0.2, 0.25) is 11.8 Å². The number of benzene rings is 1. The molecule has 25 heavy (non-hydrogen) atoms. The molecule has 2 aromatic rings. The first kappa shape index (κ1) is 17.1. The van der Waals surface area contributed by atoms with Crippen LogP contribution in [0.15, 0.2) is 35.5 Å². The highest BCUT2D eigenvalue weighted by atomic mass is 16.2. The lowest BCUT2D eigenvalue weighted by atomic mass is 10.1. The summed E-state index contributed by atoms with van der Waals surface area (Å²) in [6.45, 7) is 5.04. The van der Waals surface area contributed by atoms with Gasteiger partial charge in [-0.2, -0.15) is 5.01 Å². The molecule has 0 saturated heterocycles. The SMILES string of the molecule is CCCCCC1=Nc2cnc3ccccc3c2N(C(C)=O)N1C(C)=O. The van der Waals surface area contributed by atoms with Gasteiger partial charge in [0.15, 0.2) is 0 Å². The number of pyridine rings is 1. The number of hydrogen-bond donors (Lipinski definition) is 0. The van der Waals surface area contributed by atoms with Crippen LogP contribution in [0.2, 0.25) is 0 Å². The Labute approximate surface area is 147 Å². The van der Waals surface area contributed by atoms with Crippen LogP contribution in [0.5, 0.6) is 0 Å². The molecule has 6 nitrogen and oxygen atoms in total. The van der Waals surface area contributed by atoms with E-state index < -0.39 is 0 Å². The van der Waals surface area contributed by atoms with Gasteiger partial charge >= 0.3 is 0 Å². The van der Waals surface area contributed by atoms with Gasteiger partial charge in [-0.3, -0.25) is 14.6 Å². The first-order valence-corrected chi connectivity index (χ1v) is 8.61. The van der Waals surface area contributed by atoms with Crippen LogP contribution in [0.25, 0.3) is 10.9 Å². The average Bonchev–Trinajstić information content (AvgIpc) is 2.60. The second kappa shape index (κ2) is 7.01. The maximum absolute atomic E-state index is 12.5. The van der Waals surface area contributed by atoms with Gasteiger partial charge in [-0.05, 0) is 12.5 Å². The number of hydrazine groups is 1. The van der Waals surface area contributed by atoms with E-state index in [1.807, 2.05) is 24.3 Å². The summed E-state index contributed by atoms with van der Waals surface area (Å²) in [5.41, 5.74) is 2.01. The molecule has 130 valence electrons. The molecule has 0 saturated carbocycles. The van der Waals surface area contributed by atoms with E-state index in [0.29, 0.717) is 23.6 Å². The Balaban J connectivity index is 2.20. The highest BCUT2D eigenvalue weighted by Gasteiger charge is 2.34. The minimum atomic E-state index is -0.226. The lowest BCUT2D eigenvalue weighted by Crippen LogP contribution is -2.53. The molecule has 0 N–H and O–H groups in total. The zero-order chi connectivity index (χ0) is 18.0. The molecule has 1 aromatic carbocycles. The summed E-state index contributed by atoms with van der Waals surface area (Å²) < 4.78 is 0. The van der Waals surface area contributed by atoms with E-state index in [-0.39, 0.29) is 11.8 Å². The Morgan fingerprint density at radius 2 is 1.76 bits per heavy atom. The minimum absolute atomic E-state index is 0.225. The summed E-state index contributed by atoms with van der Waals surface area (Å²) in [6, 6.07) is 7.56. The van der Waals surface area contributed by atoms with E-state index in [9.17, 15) is 9.59 Å². The largest absolute Gasteiger partial charge is 0.273 e. The number of aromatic nitrogens is 1. The van der Waals surface area contributed by atoms with Gasteiger partial charge in [-0.15, -0.1) is 0 Å². The molecule has 0 atom stereocenters. The third-order valence-corrected chi connectivity index (χ3v) is 4.23. The molecule has 0 unspecified atom stereocenters. The number of anilines is 1. The Morgan fingerprint density at radius 1 is 1.04 bits per heavy atom. The predicted molar refractivity (Wildman–Crippen MR) is 98.7 cm³/mol. The number of unbranched alkanes of at least 4 members (excludes halogenated alkanes) is 2. The molecule has 1 aliphatic rings. The van der Waals surface area contributed by atoms with Gasteiger partial charge in [0, 0.05) is 25.7 Å². The second-order valence-corrected chi connectivity index (χ2v) is 6.16. The summed E-state index contributed by atoms with van der Waals surface area (Å²) >= 11 is 0. The fourth-order valence-corrected chi connectivity index (χ4v) is 3.14. The first-order valence-electron chi connectivity index (χ1n) is 8.61. The molecule has 1 aromatic heterocycles. The fourth-order valence-electron chi connectivity index (χ4n) is 3.14. The Kier molecular flexibility index (Phi) is 4.79. The maximum atomic E-state index is 12.5. The number of para-hydroxylation sites is 1. The number of amides is 2. The molecule has 3 rings (SSSR count). The van der Waals surface area contributed by atoms with Crippen molar-refractivity contribution in [3.63, 3.8) is 0 Å². The molecule has 2 heterocycles. The quantitative estimate of drug-likeness (QED) is 0.792. The van der Waals surface area contributed by atoms with Crippen molar-refractivity contribution < 1.29 is 9.59 Å². The molecule has 0 spiro atoms. The van der Waals surface area contributed by atoms with E-state index in [4.69, 9.17) is 0 Å². The van der Waals surface area contributed by atoms with Crippen molar-refractivity contribution in [2.75, 3.05) is 5.01 Å². The van der Waals surface area contributed by atoms with E-state index >= 15 is 0 Å². The number of carbonyl (C=O) groups excluding carboxylic acids is 2. The highest BCUT2D eigenvalue weighted by Crippen LogP contribution is 2.40. The van der Waals surface area contributed by atoms with Gasteiger partial charge in [0.1, 0.15) is 17.2 Å². The van der Waals surface area contributed by atoms with Crippen LogP contribution in [-0.4, -0.2) is 27.6 Å². The van der Waals surface area contributed by atoms with E-state index in [1.165, 1.54) is 23.9 Å². The standard InChI is InChI=1S/C19H22N4O2/c1-4-5-6-11-18-21-17-12-20-16-10-8-7-9-15(16)19(17)23(14(3)25)22(18)13(2)24/h7-10,12H,4-6,11H2,1-3H3. The minimum Gasteiger partial charge on any atom is -0.273 e. The highest BCUT2D eigenvalue weighted by molar-refractivity contribution is 6.14. The fraction of sp³-hybridized carbons (Fsp3) is 0.368. The predicted octanol–water partition coefficient (Wildman–Crippen LogP) is 3.98. The topological polar surface area (TPSA) is 65.9 Å². The Bertz CT molecular complexity index is 860. The number of hydrogen-bond acceptors (Lipinski definition) is 4. The number of fused-ring (bicyclic) bond motifs is 3. The number of amidine groups is 1. The van der Waals surface area contributed by atoms with Crippen molar-refractivity contribution in [3.05, 3.63) is 30.5 Å². The molecule has 0 radical (unpaired) electrons. The lowest BCUT2D eigenvalue weighted by molar-refractivity contribution is -0.130. The number of rotatable bonds is 4. The van der Waals surface area contributed by atoms with Gasteiger partial charge in [0.25, 0.3) is 0 Å². The molecule has 0 aliphatic carbocycles. The van der Waals surface area contributed by atoms with E-state index in [2.05, 4.69) is 16.9 Å².